The van der Waals surface area contributed by atoms with Gasteiger partial charge in [0.25, 0.3) is 0 Å². The highest BCUT2D eigenvalue weighted by molar-refractivity contribution is 5.28. The number of nitrogens with one attached hydrogen (secondary N) is 1. The normalized spacial score (nSPS) is 11.7. The lowest BCUT2D eigenvalue weighted by atomic mass is 10.1. The minimum Gasteiger partial charge on any atom is -0.396 e. The van der Waals surface area contributed by atoms with E-state index in [9.17, 15) is 0 Å². The van der Waals surface area contributed by atoms with Crippen LogP contribution in [0.25, 0.3) is 0 Å². The van der Waals surface area contributed by atoms with E-state index in [0.717, 1.165) is 43.9 Å². The minimum absolute atomic E-state index is 0.0994. The quantitative estimate of drug-likeness (QED) is 0.713. The molecule has 0 fully saturated rings. The molecule has 1 aromatic rings. The summed E-state index contributed by atoms with van der Waals surface area (Å²) in [6.45, 7) is 8.40. The van der Waals surface area contributed by atoms with Crippen LogP contribution in [0.15, 0.2) is 12.4 Å². The zero-order valence-corrected chi connectivity index (χ0v) is 13.2. The molecule has 0 atom stereocenters. The van der Waals surface area contributed by atoms with E-state index in [1.165, 1.54) is 0 Å². The number of aliphatic hydroxyl groups excluding tert-OH is 1. The molecule has 0 aliphatic rings. The number of hydrogen-bond donors (Lipinski definition) is 2. The van der Waals surface area contributed by atoms with E-state index < -0.39 is 0 Å². The average Bonchev–Trinajstić information content (AvgIpc) is 2.41. The molecular formula is C15H28N4O. The minimum atomic E-state index is 0.0994. The Morgan fingerprint density at radius 1 is 1.15 bits per heavy atom. The predicted molar refractivity (Wildman–Crippen MR) is 82.8 cm³/mol. The Kier molecular flexibility index (Phi) is 6.88. The van der Waals surface area contributed by atoms with Crippen molar-refractivity contribution in [2.24, 2.45) is 0 Å². The van der Waals surface area contributed by atoms with Crippen molar-refractivity contribution in [3.63, 3.8) is 0 Å². The third kappa shape index (κ3) is 6.82. The molecular weight excluding hydrogens is 252 g/mol. The Balaban J connectivity index is 2.41. The van der Waals surface area contributed by atoms with Crippen molar-refractivity contribution in [1.29, 1.82) is 0 Å². The summed E-state index contributed by atoms with van der Waals surface area (Å²) in [4.78, 5) is 10.9. The molecule has 5 heteroatoms. The zero-order chi connectivity index (χ0) is 15.0. The molecule has 5 nitrogen and oxygen atoms in total. The van der Waals surface area contributed by atoms with Crippen molar-refractivity contribution in [2.45, 2.75) is 52.1 Å². The monoisotopic (exact) mass is 280 g/mol. The van der Waals surface area contributed by atoms with Crippen LogP contribution in [0.2, 0.25) is 0 Å². The molecule has 1 heterocycles. The molecule has 0 unspecified atom stereocenters. The number of unbranched alkanes of at least 4 members (excludes halogenated alkanes) is 2. The third-order valence-electron chi connectivity index (χ3n) is 3.01. The zero-order valence-electron chi connectivity index (χ0n) is 13.2. The van der Waals surface area contributed by atoms with E-state index in [2.05, 4.69) is 41.0 Å². The first kappa shape index (κ1) is 16.9. The van der Waals surface area contributed by atoms with E-state index in [1.54, 1.807) is 0 Å². The van der Waals surface area contributed by atoms with Gasteiger partial charge in [-0.05, 0) is 40.0 Å². The maximum Gasteiger partial charge on any atom is 0.224 e. The van der Waals surface area contributed by atoms with Crippen LogP contribution in [0.1, 0.15) is 45.6 Å². The maximum atomic E-state index is 8.74. The predicted octanol–water partition coefficient (Wildman–Crippen LogP) is 1.96. The number of aromatic nitrogens is 2. The number of rotatable bonds is 8. The molecule has 2 N–H and O–H groups in total. The van der Waals surface area contributed by atoms with Crippen molar-refractivity contribution >= 4 is 5.95 Å². The van der Waals surface area contributed by atoms with Crippen LogP contribution in [0, 0.1) is 0 Å². The summed E-state index contributed by atoms with van der Waals surface area (Å²) < 4.78 is 0. The fraction of sp³-hybridized carbons (Fsp3) is 0.733. The number of nitrogens with zero attached hydrogens (tertiary/aromatic N) is 3. The lowest BCUT2D eigenvalue weighted by molar-refractivity contribution is 0.283. The van der Waals surface area contributed by atoms with Crippen LogP contribution in [0.4, 0.5) is 5.95 Å². The lowest BCUT2D eigenvalue weighted by Gasteiger charge is -2.21. The highest BCUT2D eigenvalue weighted by Gasteiger charge is 2.09. The summed E-state index contributed by atoms with van der Waals surface area (Å²) in [7, 11) is 2.00. The highest BCUT2D eigenvalue weighted by atomic mass is 16.2. The molecule has 0 saturated heterocycles. The van der Waals surface area contributed by atoms with Crippen LogP contribution in [-0.2, 0) is 6.54 Å². The molecule has 0 aliphatic heterocycles. The average molecular weight is 280 g/mol. The Morgan fingerprint density at radius 3 is 2.35 bits per heavy atom. The number of hydrogen-bond acceptors (Lipinski definition) is 5. The Labute approximate surface area is 122 Å². The second-order valence-corrected chi connectivity index (χ2v) is 6.20. The summed E-state index contributed by atoms with van der Waals surface area (Å²) >= 11 is 0. The van der Waals surface area contributed by atoms with Crippen LogP contribution < -0.4 is 10.2 Å². The topological polar surface area (TPSA) is 61.3 Å². The highest BCUT2D eigenvalue weighted by Crippen LogP contribution is 2.08. The van der Waals surface area contributed by atoms with Gasteiger partial charge < -0.3 is 15.3 Å². The number of anilines is 1. The molecule has 0 radical (unpaired) electrons. The van der Waals surface area contributed by atoms with Crippen molar-refractivity contribution in [1.82, 2.24) is 15.3 Å². The molecule has 1 aromatic heterocycles. The van der Waals surface area contributed by atoms with Gasteiger partial charge in [-0.25, -0.2) is 9.97 Å². The summed E-state index contributed by atoms with van der Waals surface area (Å²) in [6.07, 6.45) is 6.71. The molecule has 0 spiro atoms. The van der Waals surface area contributed by atoms with Gasteiger partial charge in [0.15, 0.2) is 0 Å². The van der Waals surface area contributed by atoms with Crippen molar-refractivity contribution in [3.8, 4) is 0 Å². The SMILES string of the molecule is CN(CCCCCO)c1ncc(CNC(C)(C)C)cn1. The first-order valence-corrected chi connectivity index (χ1v) is 7.30. The molecule has 0 aliphatic carbocycles. The second-order valence-electron chi connectivity index (χ2n) is 6.20. The first-order valence-electron chi connectivity index (χ1n) is 7.30. The van der Waals surface area contributed by atoms with Crippen molar-refractivity contribution < 1.29 is 5.11 Å². The van der Waals surface area contributed by atoms with Gasteiger partial charge in [0.2, 0.25) is 5.95 Å². The first-order chi connectivity index (χ1) is 9.42. The smallest absolute Gasteiger partial charge is 0.224 e. The summed E-state index contributed by atoms with van der Waals surface area (Å²) in [6, 6.07) is 0. The lowest BCUT2D eigenvalue weighted by Crippen LogP contribution is -2.35. The Morgan fingerprint density at radius 2 is 1.80 bits per heavy atom. The largest absolute Gasteiger partial charge is 0.396 e. The molecule has 0 aromatic carbocycles. The van der Waals surface area contributed by atoms with Crippen LogP contribution in [-0.4, -0.2) is 40.8 Å². The Bertz CT molecular complexity index is 372. The Hall–Kier alpha value is -1.20. The van der Waals surface area contributed by atoms with Crippen molar-refractivity contribution in [2.75, 3.05) is 25.1 Å². The summed E-state index contributed by atoms with van der Waals surface area (Å²) in [5.41, 5.74) is 1.19. The molecule has 20 heavy (non-hydrogen) atoms. The molecule has 1 rings (SSSR count). The van der Waals surface area contributed by atoms with E-state index in [-0.39, 0.29) is 12.1 Å². The van der Waals surface area contributed by atoms with Crippen LogP contribution in [0.5, 0.6) is 0 Å². The summed E-state index contributed by atoms with van der Waals surface area (Å²) in [5.74, 6) is 0.758. The van der Waals surface area contributed by atoms with E-state index in [4.69, 9.17) is 5.11 Å². The van der Waals surface area contributed by atoms with E-state index >= 15 is 0 Å². The van der Waals surface area contributed by atoms with E-state index in [0.29, 0.717) is 0 Å². The molecule has 0 bridgehead atoms. The van der Waals surface area contributed by atoms with Crippen LogP contribution >= 0.6 is 0 Å². The summed E-state index contributed by atoms with van der Waals surface area (Å²) in [5, 5.41) is 12.2. The standard InChI is InChI=1S/C15H28N4O/c1-15(2,3)18-12-13-10-16-14(17-11-13)19(4)8-6-5-7-9-20/h10-11,18,20H,5-9,12H2,1-4H3. The van der Waals surface area contributed by atoms with Crippen LogP contribution in [0.3, 0.4) is 0 Å². The van der Waals surface area contributed by atoms with Gasteiger partial charge in [0.1, 0.15) is 0 Å². The second kappa shape index (κ2) is 8.17. The van der Waals surface area contributed by atoms with Crippen molar-refractivity contribution in [3.05, 3.63) is 18.0 Å². The third-order valence-corrected chi connectivity index (χ3v) is 3.01. The molecule has 0 saturated carbocycles. The van der Waals surface area contributed by atoms with Gasteiger partial charge in [-0.1, -0.05) is 0 Å². The fourth-order valence-corrected chi connectivity index (χ4v) is 1.74. The number of aliphatic hydroxyl groups is 1. The van der Waals surface area contributed by atoms with Gasteiger partial charge in [-0.2, -0.15) is 0 Å². The fourth-order valence-electron chi connectivity index (χ4n) is 1.74. The van der Waals surface area contributed by atoms with E-state index in [1.807, 2.05) is 19.4 Å². The maximum absolute atomic E-state index is 8.74. The van der Waals surface area contributed by atoms with Gasteiger partial charge in [0, 0.05) is 50.2 Å². The molecule has 114 valence electrons. The van der Waals surface area contributed by atoms with Gasteiger partial charge in [-0.15, -0.1) is 0 Å². The van der Waals surface area contributed by atoms with Gasteiger partial charge in [0.05, 0.1) is 0 Å². The van der Waals surface area contributed by atoms with Gasteiger partial charge in [-0.3, -0.25) is 0 Å². The van der Waals surface area contributed by atoms with Gasteiger partial charge >= 0.3 is 0 Å². The molecule has 0 amide bonds.